The Balaban J connectivity index is 1.45. The van der Waals surface area contributed by atoms with Gasteiger partial charge >= 0.3 is 0 Å². The first-order valence-corrected chi connectivity index (χ1v) is 13.0. The average molecular weight is 529 g/mol. The van der Waals surface area contributed by atoms with Crippen LogP contribution in [0.4, 0.5) is 11.4 Å². The third-order valence-corrected chi connectivity index (χ3v) is 7.06. The number of benzene rings is 4. The van der Waals surface area contributed by atoms with Crippen LogP contribution >= 0.6 is 23.2 Å². The summed E-state index contributed by atoms with van der Waals surface area (Å²) in [5.74, 6) is 0.293. The van der Waals surface area contributed by atoms with Gasteiger partial charge in [0.1, 0.15) is 5.75 Å². The summed E-state index contributed by atoms with van der Waals surface area (Å²) in [4.78, 5) is 12.9. The second-order valence-electron chi connectivity index (χ2n) is 7.77. The molecule has 4 aromatic carbocycles. The molecule has 1 amide bonds. The van der Waals surface area contributed by atoms with E-state index in [9.17, 15) is 13.2 Å². The zero-order chi connectivity index (χ0) is 25.0. The number of rotatable bonds is 8. The first-order valence-electron chi connectivity index (χ1n) is 10.8. The van der Waals surface area contributed by atoms with Gasteiger partial charge in [0.25, 0.3) is 15.9 Å². The summed E-state index contributed by atoms with van der Waals surface area (Å²) < 4.78 is 33.9. The van der Waals surface area contributed by atoms with Gasteiger partial charge in [0.15, 0.2) is 6.10 Å². The van der Waals surface area contributed by atoms with Gasteiger partial charge in [0.2, 0.25) is 0 Å². The SMILES string of the molecule is CC[C@H](Oc1cccc2ccccc12)C(=O)Nc1ccc(S(=O)(=O)Nc2cc(Cl)cc(Cl)c2)cc1. The van der Waals surface area contributed by atoms with Gasteiger partial charge in [0.05, 0.1) is 10.6 Å². The summed E-state index contributed by atoms with van der Waals surface area (Å²) >= 11 is 11.9. The van der Waals surface area contributed by atoms with Crippen LogP contribution in [0.2, 0.25) is 10.0 Å². The van der Waals surface area contributed by atoms with Crippen molar-refractivity contribution in [3.63, 3.8) is 0 Å². The molecule has 2 N–H and O–H groups in total. The molecule has 0 aliphatic heterocycles. The fraction of sp³-hybridized carbons (Fsp3) is 0.115. The standard InChI is InChI=1S/C26H22Cl2N2O4S/c1-2-24(34-25-9-5-7-17-6-3-4-8-23(17)25)26(31)29-20-10-12-22(13-11-20)35(32,33)30-21-15-18(27)14-19(28)16-21/h3-16,24,30H,2H2,1H3,(H,29,31)/t24-/m0/s1. The van der Waals surface area contributed by atoms with E-state index >= 15 is 0 Å². The van der Waals surface area contributed by atoms with Gasteiger partial charge in [-0.05, 0) is 60.3 Å². The Labute approximate surface area is 213 Å². The van der Waals surface area contributed by atoms with Crippen molar-refractivity contribution in [3.8, 4) is 5.75 Å². The van der Waals surface area contributed by atoms with Gasteiger partial charge in [-0.3, -0.25) is 9.52 Å². The number of halogens is 2. The molecule has 0 unspecified atom stereocenters. The first kappa shape index (κ1) is 24.9. The smallest absolute Gasteiger partial charge is 0.265 e. The van der Waals surface area contributed by atoms with E-state index in [1.54, 1.807) is 0 Å². The van der Waals surface area contributed by atoms with Crippen LogP contribution in [0.25, 0.3) is 10.8 Å². The van der Waals surface area contributed by atoms with E-state index in [1.807, 2.05) is 49.4 Å². The lowest BCUT2D eigenvalue weighted by Gasteiger charge is -2.18. The molecule has 0 saturated heterocycles. The zero-order valence-electron chi connectivity index (χ0n) is 18.7. The highest BCUT2D eigenvalue weighted by atomic mass is 35.5. The third-order valence-electron chi connectivity index (χ3n) is 5.23. The van der Waals surface area contributed by atoms with Crippen LogP contribution in [0, 0.1) is 0 Å². The van der Waals surface area contributed by atoms with Crippen molar-refractivity contribution in [1.29, 1.82) is 0 Å². The Morgan fingerprint density at radius 1 is 0.886 bits per heavy atom. The molecule has 180 valence electrons. The molecule has 6 nitrogen and oxygen atoms in total. The molecule has 0 spiro atoms. The monoisotopic (exact) mass is 528 g/mol. The van der Waals surface area contributed by atoms with Gasteiger partial charge in [-0.1, -0.05) is 66.5 Å². The minimum atomic E-state index is -3.88. The van der Waals surface area contributed by atoms with Crippen molar-refractivity contribution in [1.82, 2.24) is 0 Å². The van der Waals surface area contributed by atoms with Gasteiger partial charge in [-0.15, -0.1) is 0 Å². The van der Waals surface area contributed by atoms with Crippen molar-refractivity contribution in [2.24, 2.45) is 0 Å². The minimum Gasteiger partial charge on any atom is -0.480 e. The van der Waals surface area contributed by atoms with Crippen molar-refractivity contribution < 1.29 is 17.9 Å². The number of fused-ring (bicyclic) bond motifs is 1. The lowest BCUT2D eigenvalue weighted by molar-refractivity contribution is -0.122. The normalized spacial score (nSPS) is 12.2. The predicted octanol–water partition coefficient (Wildman–Crippen LogP) is 6.74. The molecule has 0 fully saturated rings. The van der Waals surface area contributed by atoms with E-state index in [0.717, 1.165) is 10.8 Å². The van der Waals surface area contributed by atoms with E-state index in [2.05, 4.69) is 10.0 Å². The van der Waals surface area contributed by atoms with Crippen LogP contribution < -0.4 is 14.8 Å². The average Bonchev–Trinajstić information content (AvgIpc) is 2.82. The van der Waals surface area contributed by atoms with Crippen molar-refractivity contribution >= 4 is 61.3 Å². The number of anilines is 2. The van der Waals surface area contributed by atoms with E-state index in [1.165, 1.54) is 42.5 Å². The van der Waals surface area contributed by atoms with E-state index in [0.29, 0.717) is 27.9 Å². The quantitative estimate of drug-likeness (QED) is 0.265. The van der Waals surface area contributed by atoms with Crippen LogP contribution in [0.1, 0.15) is 13.3 Å². The highest BCUT2D eigenvalue weighted by molar-refractivity contribution is 7.92. The Hall–Kier alpha value is -3.26. The van der Waals surface area contributed by atoms with Gasteiger partial charge < -0.3 is 10.1 Å². The Kier molecular flexibility index (Phi) is 7.50. The zero-order valence-corrected chi connectivity index (χ0v) is 21.0. The number of sulfonamides is 1. The first-order chi connectivity index (χ1) is 16.7. The molecular weight excluding hydrogens is 507 g/mol. The second kappa shape index (κ2) is 10.6. The Morgan fingerprint density at radius 3 is 2.23 bits per heavy atom. The fourth-order valence-electron chi connectivity index (χ4n) is 3.54. The molecule has 0 heterocycles. The highest BCUT2D eigenvalue weighted by Crippen LogP contribution is 2.27. The molecule has 4 aromatic rings. The number of hydrogen-bond donors (Lipinski definition) is 2. The molecule has 0 aromatic heterocycles. The molecule has 0 saturated carbocycles. The maximum Gasteiger partial charge on any atom is 0.265 e. The molecule has 0 radical (unpaired) electrons. The molecule has 4 rings (SSSR count). The summed E-state index contributed by atoms with van der Waals surface area (Å²) in [6, 6.07) is 23.7. The Morgan fingerprint density at radius 2 is 1.54 bits per heavy atom. The number of amides is 1. The van der Waals surface area contributed by atoms with Crippen molar-refractivity contribution in [2.45, 2.75) is 24.3 Å². The lowest BCUT2D eigenvalue weighted by Crippen LogP contribution is -2.32. The molecule has 1 atom stereocenters. The molecule has 35 heavy (non-hydrogen) atoms. The summed E-state index contributed by atoms with van der Waals surface area (Å²) in [6.45, 7) is 1.86. The number of nitrogens with one attached hydrogen (secondary N) is 2. The van der Waals surface area contributed by atoms with Crippen LogP contribution in [-0.4, -0.2) is 20.4 Å². The fourth-order valence-corrected chi connectivity index (χ4v) is 5.11. The van der Waals surface area contributed by atoms with Crippen molar-refractivity contribution in [3.05, 3.63) is 95.0 Å². The topological polar surface area (TPSA) is 84.5 Å². The molecule has 0 aliphatic carbocycles. The van der Waals surface area contributed by atoms with E-state index in [-0.39, 0.29) is 16.5 Å². The van der Waals surface area contributed by atoms with Crippen LogP contribution in [0.5, 0.6) is 5.75 Å². The molecule has 0 aliphatic rings. The maximum absolute atomic E-state index is 12.9. The Bertz CT molecular complexity index is 1450. The predicted molar refractivity (Wildman–Crippen MR) is 141 cm³/mol. The lowest BCUT2D eigenvalue weighted by atomic mass is 10.1. The van der Waals surface area contributed by atoms with Gasteiger partial charge in [-0.25, -0.2) is 8.42 Å². The summed E-state index contributed by atoms with van der Waals surface area (Å²) in [5.41, 5.74) is 0.691. The largest absolute Gasteiger partial charge is 0.480 e. The summed E-state index contributed by atoms with van der Waals surface area (Å²) in [6.07, 6.45) is -0.272. The maximum atomic E-state index is 12.9. The molecule has 9 heteroatoms. The second-order valence-corrected chi connectivity index (χ2v) is 10.3. The number of carbonyl (C=O) groups excluding carboxylic acids is 1. The van der Waals surface area contributed by atoms with Crippen LogP contribution in [-0.2, 0) is 14.8 Å². The third kappa shape index (κ3) is 6.06. The van der Waals surface area contributed by atoms with E-state index in [4.69, 9.17) is 27.9 Å². The van der Waals surface area contributed by atoms with Gasteiger partial charge in [0, 0.05) is 21.1 Å². The minimum absolute atomic E-state index is 0.0191. The highest BCUT2D eigenvalue weighted by Gasteiger charge is 2.20. The molecular formula is C26H22Cl2N2O4S. The summed E-state index contributed by atoms with van der Waals surface area (Å²) in [7, 11) is -3.88. The van der Waals surface area contributed by atoms with E-state index < -0.39 is 16.1 Å². The van der Waals surface area contributed by atoms with Crippen LogP contribution in [0.15, 0.2) is 89.8 Å². The number of carbonyl (C=O) groups is 1. The van der Waals surface area contributed by atoms with Crippen LogP contribution in [0.3, 0.4) is 0 Å². The summed E-state index contributed by atoms with van der Waals surface area (Å²) in [5, 5.41) is 5.35. The molecule has 0 bridgehead atoms. The van der Waals surface area contributed by atoms with Gasteiger partial charge in [-0.2, -0.15) is 0 Å². The number of ether oxygens (including phenoxy) is 1. The van der Waals surface area contributed by atoms with Crippen molar-refractivity contribution in [2.75, 3.05) is 10.0 Å². The number of hydrogen-bond acceptors (Lipinski definition) is 4.